The first-order chi connectivity index (χ1) is 8.31. The molecule has 2 bridgehead atoms. The highest BCUT2D eigenvalue weighted by Gasteiger charge is 2.41. The molecule has 2 saturated heterocycles. The van der Waals surface area contributed by atoms with Crippen molar-refractivity contribution >= 4 is 17.0 Å². The van der Waals surface area contributed by atoms with Gasteiger partial charge in [-0.05, 0) is 19.3 Å². The summed E-state index contributed by atoms with van der Waals surface area (Å²) in [4.78, 5) is 16.0. The summed E-state index contributed by atoms with van der Waals surface area (Å²) in [5, 5.41) is 3.61. The van der Waals surface area contributed by atoms with E-state index in [2.05, 4.69) is 25.3 Å². The Hall–Kier alpha value is -1.69. The fraction of sp³-hybridized carbons (Fsp3) is 0.545. The molecule has 2 aliphatic heterocycles. The van der Waals surface area contributed by atoms with Crippen LogP contribution in [-0.2, 0) is 0 Å². The van der Waals surface area contributed by atoms with Crippen LogP contribution in [0.5, 0.6) is 0 Å². The molecule has 2 aromatic heterocycles. The Balaban J connectivity index is 1.79. The molecule has 2 aromatic rings. The quantitative estimate of drug-likeness (QED) is 0.665. The summed E-state index contributed by atoms with van der Waals surface area (Å²) in [6.45, 7) is 0. The number of aromatic nitrogens is 4. The molecule has 0 amide bonds. The van der Waals surface area contributed by atoms with Gasteiger partial charge < -0.3 is 16.0 Å². The maximum Gasteiger partial charge on any atom is 0.183 e. The fourth-order valence-corrected chi connectivity index (χ4v) is 3.17. The molecule has 6 nitrogen and oxygen atoms in total. The van der Waals surface area contributed by atoms with Crippen LogP contribution < -0.4 is 11.1 Å². The Morgan fingerprint density at radius 3 is 2.94 bits per heavy atom. The number of aromatic amines is 1. The van der Waals surface area contributed by atoms with Crippen LogP contribution in [0.1, 0.15) is 31.0 Å². The standard InChI is InChI=1S/C11H14N6/c12-9-8-11(14-4-13-9)17-10(16-8)6-3-5-1-2-7(6)15-5/h4-7,15H,1-3H2,(H3,12,13,14,16,17). The molecule has 0 spiro atoms. The van der Waals surface area contributed by atoms with E-state index >= 15 is 0 Å². The molecule has 3 unspecified atom stereocenters. The van der Waals surface area contributed by atoms with Crippen LogP contribution in [0.25, 0.3) is 11.2 Å². The van der Waals surface area contributed by atoms with Crippen molar-refractivity contribution < 1.29 is 0 Å². The van der Waals surface area contributed by atoms with E-state index in [0.29, 0.717) is 29.5 Å². The zero-order chi connectivity index (χ0) is 11.4. The Morgan fingerprint density at radius 2 is 2.24 bits per heavy atom. The first-order valence-corrected chi connectivity index (χ1v) is 6.03. The van der Waals surface area contributed by atoms with Crippen LogP contribution >= 0.6 is 0 Å². The van der Waals surface area contributed by atoms with Crippen molar-refractivity contribution in [2.75, 3.05) is 5.73 Å². The number of H-pyrrole nitrogens is 1. The largest absolute Gasteiger partial charge is 0.382 e. The molecule has 0 aliphatic carbocycles. The van der Waals surface area contributed by atoms with E-state index in [1.54, 1.807) is 0 Å². The van der Waals surface area contributed by atoms with Gasteiger partial charge in [-0.15, -0.1) is 0 Å². The van der Waals surface area contributed by atoms with Gasteiger partial charge in [-0.2, -0.15) is 0 Å². The molecular formula is C11H14N6. The number of nitrogen functional groups attached to an aromatic ring is 1. The summed E-state index contributed by atoms with van der Waals surface area (Å²) in [6, 6.07) is 1.23. The van der Waals surface area contributed by atoms with Crippen LogP contribution in [0.15, 0.2) is 6.33 Å². The van der Waals surface area contributed by atoms with Crippen molar-refractivity contribution in [3.8, 4) is 0 Å². The highest BCUT2D eigenvalue weighted by molar-refractivity contribution is 5.81. The van der Waals surface area contributed by atoms with Crippen molar-refractivity contribution in [3.05, 3.63) is 12.2 Å². The second-order valence-corrected chi connectivity index (χ2v) is 4.97. The predicted octanol–water partition coefficient (Wildman–Crippen LogP) is 0.543. The topological polar surface area (TPSA) is 92.5 Å². The average Bonchev–Trinajstić information content (AvgIpc) is 3.03. The molecule has 2 fully saturated rings. The van der Waals surface area contributed by atoms with Gasteiger partial charge in [0, 0.05) is 18.0 Å². The average molecular weight is 230 g/mol. The lowest BCUT2D eigenvalue weighted by atomic mass is 9.89. The first-order valence-electron chi connectivity index (χ1n) is 6.03. The van der Waals surface area contributed by atoms with Gasteiger partial charge in [0.1, 0.15) is 17.7 Å². The number of nitrogens with one attached hydrogen (secondary N) is 2. The highest BCUT2D eigenvalue weighted by atomic mass is 15.1. The minimum Gasteiger partial charge on any atom is -0.382 e. The Bertz CT molecular complexity index is 576. The predicted molar refractivity (Wildman–Crippen MR) is 63.4 cm³/mol. The zero-order valence-electron chi connectivity index (χ0n) is 9.35. The number of fused-ring (bicyclic) bond motifs is 3. The molecule has 3 atom stereocenters. The lowest BCUT2D eigenvalue weighted by Crippen LogP contribution is -2.22. The monoisotopic (exact) mass is 230 g/mol. The minimum absolute atomic E-state index is 0.474. The maximum absolute atomic E-state index is 5.81. The molecule has 0 radical (unpaired) electrons. The third-order valence-corrected chi connectivity index (χ3v) is 3.99. The van der Waals surface area contributed by atoms with Gasteiger partial charge in [-0.25, -0.2) is 15.0 Å². The summed E-state index contributed by atoms with van der Waals surface area (Å²) in [5.41, 5.74) is 7.25. The van der Waals surface area contributed by atoms with Crippen molar-refractivity contribution in [3.63, 3.8) is 0 Å². The van der Waals surface area contributed by atoms with Gasteiger partial charge in [0.15, 0.2) is 11.5 Å². The van der Waals surface area contributed by atoms with Crippen molar-refractivity contribution in [1.29, 1.82) is 0 Å². The molecule has 17 heavy (non-hydrogen) atoms. The molecule has 4 rings (SSSR count). The van der Waals surface area contributed by atoms with E-state index in [4.69, 9.17) is 5.73 Å². The molecule has 88 valence electrons. The van der Waals surface area contributed by atoms with E-state index in [9.17, 15) is 0 Å². The molecule has 4 N–H and O–H groups in total. The summed E-state index contributed by atoms with van der Waals surface area (Å²) < 4.78 is 0. The number of hydrogen-bond donors (Lipinski definition) is 3. The first kappa shape index (κ1) is 9.35. The van der Waals surface area contributed by atoms with Crippen molar-refractivity contribution in [2.45, 2.75) is 37.3 Å². The van der Waals surface area contributed by atoms with E-state index in [1.165, 1.54) is 19.2 Å². The van der Waals surface area contributed by atoms with Gasteiger partial charge in [0.05, 0.1) is 0 Å². The molecule has 0 aromatic carbocycles. The number of nitrogens with two attached hydrogens (primary N) is 1. The van der Waals surface area contributed by atoms with Crippen molar-refractivity contribution in [1.82, 2.24) is 25.3 Å². The maximum atomic E-state index is 5.81. The third kappa shape index (κ3) is 1.27. The molecule has 4 heterocycles. The lowest BCUT2D eigenvalue weighted by Gasteiger charge is -2.17. The van der Waals surface area contributed by atoms with Crippen LogP contribution in [0.2, 0.25) is 0 Å². The number of rotatable bonds is 1. The highest BCUT2D eigenvalue weighted by Crippen LogP contribution is 2.39. The summed E-state index contributed by atoms with van der Waals surface area (Å²) in [6.07, 6.45) is 5.16. The Kier molecular flexibility index (Phi) is 1.74. The van der Waals surface area contributed by atoms with Crippen LogP contribution in [0.4, 0.5) is 5.82 Å². The summed E-state index contributed by atoms with van der Waals surface area (Å²) in [7, 11) is 0. The van der Waals surface area contributed by atoms with E-state index in [0.717, 1.165) is 17.8 Å². The van der Waals surface area contributed by atoms with Gasteiger partial charge in [0.25, 0.3) is 0 Å². The van der Waals surface area contributed by atoms with Gasteiger partial charge >= 0.3 is 0 Å². The second-order valence-electron chi connectivity index (χ2n) is 4.97. The van der Waals surface area contributed by atoms with Gasteiger partial charge in [-0.3, -0.25) is 0 Å². The smallest absolute Gasteiger partial charge is 0.183 e. The fourth-order valence-electron chi connectivity index (χ4n) is 3.17. The number of hydrogen-bond acceptors (Lipinski definition) is 5. The van der Waals surface area contributed by atoms with E-state index in [-0.39, 0.29) is 0 Å². The normalized spacial score (nSPS) is 31.4. The minimum atomic E-state index is 0.474. The Labute approximate surface area is 98.0 Å². The third-order valence-electron chi connectivity index (χ3n) is 3.99. The van der Waals surface area contributed by atoms with E-state index < -0.39 is 0 Å². The molecule has 6 heteroatoms. The lowest BCUT2D eigenvalue weighted by molar-refractivity contribution is 0.490. The van der Waals surface area contributed by atoms with Crippen LogP contribution in [0.3, 0.4) is 0 Å². The Morgan fingerprint density at radius 1 is 1.29 bits per heavy atom. The number of anilines is 1. The molecular weight excluding hydrogens is 216 g/mol. The number of imidazole rings is 1. The SMILES string of the molecule is Nc1ncnc2nc(C3CC4CCC3N4)[nH]c12. The van der Waals surface area contributed by atoms with Gasteiger partial charge in [0.2, 0.25) is 0 Å². The van der Waals surface area contributed by atoms with E-state index in [1.807, 2.05) is 0 Å². The van der Waals surface area contributed by atoms with Gasteiger partial charge in [-0.1, -0.05) is 0 Å². The second kappa shape index (κ2) is 3.16. The molecule has 2 aliphatic rings. The zero-order valence-corrected chi connectivity index (χ0v) is 9.35. The van der Waals surface area contributed by atoms with Crippen LogP contribution in [0, 0.1) is 0 Å². The summed E-state index contributed by atoms with van der Waals surface area (Å²) in [5.74, 6) is 1.96. The molecule has 0 saturated carbocycles. The number of nitrogens with zero attached hydrogens (tertiary/aromatic N) is 3. The van der Waals surface area contributed by atoms with Crippen LogP contribution in [-0.4, -0.2) is 32.0 Å². The van der Waals surface area contributed by atoms with Crippen molar-refractivity contribution in [2.24, 2.45) is 0 Å². The summed E-state index contributed by atoms with van der Waals surface area (Å²) >= 11 is 0.